The number of nitrogens with one attached hydrogen (secondary N) is 4. The van der Waals surface area contributed by atoms with Crippen molar-refractivity contribution in [1.82, 2.24) is 20.6 Å². The molecule has 1 aromatic heterocycles. The monoisotopic (exact) mass is 460 g/mol. The van der Waals surface area contributed by atoms with Crippen molar-refractivity contribution in [3.63, 3.8) is 0 Å². The Morgan fingerprint density at radius 1 is 1.12 bits per heavy atom. The Hall–Kier alpha value is -3.96. The predicted octanol–water partition coefficient (Wildman–Crippen LogP) is 3.81. The summed E-state index contributed by atoms with van der Waals surface area (Å²) in [6, 6.07) is 13.5. The average Bonchev–Trinajstić information content (AvgIpc) is 2.85. The lowest BCUT2D eigenvalue weighted by molar-refractivity contribution is -0.122. The minimum Gasteiger partial charge on any atom is -0.369 e. The van der Waals surface area contributed by atoms with Crippen molar-refractivity contribution in [2.75, 3.05) is 24.2 Å². The Kier molecular flexibility index (Phi) is 8.95. The molecule has 4 N–H and O–H groups in total. The molecule has 0 saturated heterocycles. The van der Waals surface area contributed by atoms with Crippen molar-refractivity contribution in [2.45, 2.75) is 32.9 Å². The second-order valence-corrected chi connectivity index (χ2v) is 7.65. The first-order valence-electron chi connectivity index (χ1n) is 11.2. The van der Waals surface area contributed by atoms with Gasteiger partial charge in [-0.1, -0.05) is 43.0 Å². The molecule has 0 aliphatic carbocycles. The number of likely N-dealkylation sites (N-methyl/N-ethyl adjacent to an activating group) is 1. The summed E-state index contributed by atoms with van der Waals surface area (Å²) in [5, 5.41) is 12.1. The van der Waals surface area contributed by atoms with Crippen LogP contribution in [0.2, 0.25) is 0 Å². The highest BCUT2D eigenvalue weighted by Crippen LogP contribution is 2.18. The minimum absolute atomic E-state index is 0.0777. The smallest absolute Gasteiger partial charge is 0.237 e. The third-order valence-corrected chi connectivity index (χ3v) is 5.04. The van der Waals surface area contributed by atoms with Crippen molar-refractivity contribution in [3.05, 3.63) is 77.2 Å². The van der Waals surface area contributed by atoms with Gasteiger partial charge in [0.05, 0.1) is 17.8 Å². The quantitative estimate of drug-likeness (QED) is 0.363. The number of aromatic nitrogens is 2. The van der Waals surface area contributed by atoms with Gasteiger partial charge in [0.25, 0.3) is 0 Å². The van der Waals surface area contributed by atoms with E-state index in [1.165, 1.54) is 12.1 Å². The molecule has 1 heterocycles. The number of benzene rings is 2. The maximum absolute atomic E-state index is 13.5. The molecule has 3 aromatic rings. The molecule has 1 unspecified atom stereocenters. The van der Waals surface area contributed by atoms with Gasteiger partial charge in [0.2, 0.25) is 11.9 Å². The van der Waals surface area contributed by atoms with Gasteiger partial charge < -0.3 is 21.3 Å². The van der Waals surface area contributed by atoms with Crippen LogP contribution >= 0.6 is 0 Å². The highest BCUT2D eigenvalue weighted by Gasteiger charge is 2.10. The highest BCUT2D eigenvalue weighted by molar-refractivity contribution is 5.81. The Morgan fingerprint density at radius 3 is 2.68 bits per heavy atom. The van der Waals surface area contributed by atoms with Crippen LogP contribution in [0.25, 0.3) is 0 Å². The molecule has 0 bridgehead atoms. The predicted molar refractivity (Wildman–Crippen MR) is 133 cm³/mol. The SMILES string of the molecule is CCCNc1nc(Nc2cccc(F)c2)ncc1C#Cc1ccccc1CNC(=O)C(C)NC. The lowest BCUT2D eigenvalue weighted by Crippen LogP contribution is -2.40. The van der Waals surface area contributed by atoms with Gasteiger partial charge in [-0.05, 0) is 50.2 Å². The molecule has 8 heteroatoms. The topological polar surface area (TPSA) is 91.0 Å². The molecule has 3 rings (SSSR count). The molecule has 0 aliphatic heterocycles. The van der Waals surface area contributed by atoms with Gasteiger partial charge in [-0.3, -0.25) is 4.79 Å². The van der Waals surface area contributed by atoms with E-state index in [9.17, 15) is 9.18 Å². The summed E-state index contributed by atoms with van der Waals surface area (Å²) >= 11 is 0. The minimum atomic E-state index is -0.341. The van der Waals surface area contributed by atoms with Gasteiger partial charge in [0.15, 0.2) is 0 Å². The molecule has 0 fully saturated rings. The van der Waals surface area contributed by atoms with Gasteiger partial charge in [-0.15, -0.1) is 0 Å². The first-order chi connectivity index (χ1) is 16.5. The fourth-order valence-electron chi connectivity index (χ4n) is 3.00. The van der Waals surface area contributed by atoms with E-state index >= 15 is 0 Å². The molecule has 0 radical (unpaired) electrons. The van der Waals surface area contributed by atoms with Crippen LogP contribution < -0.4 is 21.3 Å². The summed E-state index contributed by atoms with van der Waals surface area (Å²) in [6.07, 6.45) is 2.55. The second kappa shape index (κ2) is 12.3. The largest absolute Gasteiger partial charge is 0.369 e. The van der Waals surface area contributed by atoms with E-state index in [4.69, 9.17) is 0 Å². The van der Waals surface area contributed by atoms with Crippen LogP contribution in [0.4, 0.5) is 21.8 Å². The molecule has 0 spiro atoms. The number of carbonyl (C=O) groups is 1. The van der Waals surface area contributed by atoms with E-state index in [1.807, 2.05) is 24.3 Å². The maximum Gasteiger partial charge on any atom is 0.237 e. The zero-order chi connectivity index (χ0) is 24.3. The summed E-state index contributed by atoms with van der Waals surface area (Å²) in [5.41, 5.74) is 2.92. The van der Waals surface area contributed by atoms with Crippen molar-refractivity contribution in [2.24, 2.45) is 0 Å². The second-order valence-electron chi connectivity index (χ2n) is 7.65. The molecule has 0 aliphatic rings. The molecule has 34 heavy (non-hydrogen) atoms. The Labute approximate surface area is 199 Å². The summed E-state index contributed by atoms with van der Waals surface area (Å²) < 4.78 is 13.5. The van der Waals surface area contributed by atoms with Crippen LogP contribution in [0.15, 0.2) is 54.7 Å². The Morgan fingerprint density at radius 2 is 1.91 bits per heavy atom. The van der Waals surface area contributed by atoms with E-state index in [0.717, 1.165) is 24.1 Å². The maximum atomic E-state index is 13.5. The zero-order valence-corrected chi connectivity index (χ0v) is 19.6. The number of anilines is 3. The highest BCUT2D eigenvalue weighted by atomic mass is 19.1. The van der Waals surface area contributed by atoms with Crippen molar-refractivity contribution in [1.29, 1.82) is 0 Å². The van der Waals surface area contributed by atoms with E-state index in [0.29, 0.717) is 29.6 Å². The van der Waals surface area contributed by atoms with E-state index in [-0.39, 0.29) is 17.8 Å². The van der Waals surface area contributed by atoms with Gasteiger partial charge in [-0.25, -0.2) is 9.37 Å². The van der Waals surface area contributed by atoms with Gasteiger partial charge in [0.1, 0.15) is 11.6 Å². The van der Waals surface area contributed by atoms with Gasteiger partial charge >= 0.3 is 0 Å². The molecule has 7 nitrogen and oxygen atoms in total. The van der Waals surface area contributed by atoms with Crippen LogP contribution in [0.3, 0.4) is 0 Å². The summed E-state index contributed by atoms with van der Waals surface area (Å²) in [5.74, 6) is 6.85. The van der Waals surface area contributed by atoms with Crippen LogP contribution in [0.1, 0.15) is 37.0 Å². The van der Waals surface area contributed by atoms with E-state index in [1.54, 1.807) is 32.3 Å². The van der Waals surface area contributed by atoms with Crippen LogP contribution in [0.5, 0.6) is 0 Å². The normalized spacial score (nSPS) is 11.2. The fourth-order valence-corrected chi connectivity index (χ4v) is 3.00. The fraction of sp³-hybridized carbons (Fsp3) is 0.269. The number of hydrogen-bond donors (Lipinski definition) is 4. The molecule has 176 valence electrons. The van der Waals surface area contributed by atoms with Crippen LogP contribution in [0, 0.1) is 17.7 Å². The van der Waals surface area contributed by atoms with Crippen LogP contribution in [-0.4, -0.2) is 35.5 Å². The first kappa shape index (κ1) is 24.7. The standard InChI is InChI=1S/C26H29FN6O/c1-4-14-29-24-21(17-31-26(33-24)32-23-11-7-10-22(27)15-23)13-12-19-8-5-6-9-20(19)16-30-25(34)18(2)28-3/h5-11,15,17-18,28H,4,14,16H2,1-3H3,(H,30,34)(H2,29,31,32,33). The Balaban J connectivity index is 1.83. The Bertz CT molecular complexity index is 1190. The van der Waals surface area contributed by atoms with Gasteiger partial charge in [0, 0.05) is 24.3 Å². The molecular formula is C26H29FN6O. The number of hydrogen-bond acceptors (Lipinski definition) is 6. The van der Waals surface area contributed by atoms with Crippen molar-refractivity contribution in [3.8, 4) is 11.8 Å². The number of amides is 1. The van der Waals surface area contributed by atoms with E-state index in [2.05, 4.69) is 50.0 Å². The number of rotatable bonds is 9. The summed E-state index contributed by atoms with van der Waals surface area (Å²) in [4.78, 5) is 21.0. The molecular weight excluding hydrogens is 431 g/mol. The van der Waals surface area contributed by atoms with Crippen molar-refractivity contribution >= 4 is 23.4 Å². The molecule has 2 aromatic carbocycles. The molecule has 0 saturated carbocycles. The summed E-state index contributed by atoms with van der Waals surface area (Å²) in [7, 11) is 1.74. The lowest BCUT2D eigenvalue weighted by atomic mass is 10.1. The van der Waals surface area contributed by atoms with Gasteiger partial charge in [-0.2, -0.15) is 4.98 Å². The van der Waals surface area contributed by atoms with Crippen molar-refractivity contribution < 1.29 is 9.18 Å². The number of halogens is 1. The zero-order valence-electron chi connectivity index (χ0n) is 19.6. The summed E-state index contributed by atoms with van der Waals surface area (Å²) in [6.45, 7) is 4.96. The third-order valence-electron chi connectivity index (χ3n) is 5.04. The molecule has 1 amide bonds. The van der Waals surface area contributed by atoms with E-state index < -0.39 is 0 Å². The first-order valence-corrected chi connectivity index (χ1v) is 11.2. The number of nitrogens with zero attached hydrogens (tertiary/aromatic N) is 2. The van der Waals surface area contributed by atoms with Crippen LogP contribution in [-0.2, 0) is 11.3 Å². The number of carbonyl (C=O) groups excluding carboxylic acids is 1. The third kappa shape index (κ3) is 7.02. The lowest BCUT2D eigenvalue weighted by Gasteiger charge is -2.12. The molecule has 1 atom stereocenters. The average molecular weight is 461 g/mol.